The second kappa shape index (κ2) is 12.4. The van der Waals surface area contributed by atoms with Gasteiger partial charge < -0.3 is 18.7 Å². The Bertz CT molecular complexity index is 1600. The van der Waals surface area contributed by atoms with Crippen molar-refractivity contribution in [2.24, 2.45) is 0 Å². The molecule has 2 aromatic carbocycles. The van der Waals surface area contributed by atoms with Crippen LogP contribution < -0.4 is 9.47 Å². The molecule has 0 N–H and O–H groups in total. The first-order valence-electron chi connectivity index (χ1n) is 13.6. The van der Waals surface area contributed by atoms with E-state index in [4.69, 9.17) is 20.9 Å². The molecule has 11 heteroatoms. The third-order valence-electron chi connectivity index (χ3n) is 7.66. The molecular formula is C32H30ClF3N2O5. The van der Waals surface area contributed by atoms with Crippen molar-refractivity contribution in [1.29, 1.82) is 0 Å². The van der Waals surface area contributed by atoms with Crippen LogP contribution in [0.15, 0.2) is 65.4 Å². The van der Waals surface area contributed by atoms with E-state index in [9.17, 15) is 18.0 Å². The number of rotatable bonds is 9. The maximum atomic E-state index is 13.0. The van der Waals surface area contributed by atoms with E-state index in [1.807, 2.05) is 18.2 Å². The molecule has 0 saturated heterocycles. The summed E-state index contributed by atoms with van der Waals surface area (Å²) in [5, 5.41) is 4.66. The predicted octanol–water partition coefficient (Wildman–Crippen LogP) is 8.27. The molecule has 6 rings (SSSR count). The van der Waals surface area contributed by atoms with Crippen LogP contribution in [-0.2, 0) is 16.8 Å². The highest BCUT2D eigenvalue weighted by molar-refractivity contribution is 6.31. The van der Waals surface area contributed by atoms with Crippen LogP contribution in [0.4, 0.5) is 13.2 Å². The van der Waals surface area contributed by atoms with E-state index in [0.717, 1.165) is 36.7 Å². The minimum Gasteiger partial charge on any atom is -0.489 e. The Hall–Kier alpha value is -3.89. The minimum atomic E-state index is -4.85. The summed E-state index contributed by atoms with van der Waals surface area (Å²) in [6.07, 6.45) is 1.94. The average molecular weight is 615 g/mol. The summed E-state index contributed by atoms with van der Waals surface area (Å²) < 4.78 is 59.3. The number of pyridine rings is 1. The zero-order valence-electron chi connectivity index (χ0n) is 23.8. The van der Waals surface area contributed by atoms with Crippen LogP contribution in [0, 0.1) is 0 Å². The first-order valence-corrected chi connectivity index (χ1v) is 14.0. The number of aromatic nitrogens is 2. The SMILES string of the molecule is CC1(c2cncc(C=O)c2)CC1c1ccc(OCc2c(-c3ccccc3OC(F)(F)F)noc2C2CC2)cc1Cl.COC. The van der Waals surface area contributed by atoms with Gasteiger partial charge in [0.1, 0.15) is 29.6 Å². The summed E-state index contributed by atoms with van der Waals surface area (Å²) in [5.41, 5.74) is 3.31. The molecule has 43 heavy (non-hydrogen) atoms. The van der Waals surface area contributed by atoms with E-state index in [1.54, 1.807) is 32.5 Å². The summed E-state index contributed by atoms with van der Waals surface area (Å²) in [5.74, 6) is 1.07. The van der Waals surface area contributed by atoms with Crippen LogP contribution in [0.1, 0.15) is 70.8 Å². The summed E-state index contributed by atoms with van der Waals surface area (Å²) in [4.78, 5) is 15.4. The topological polar surface area (TPSA) is 83.7 Å². The monoisotopic (exact) mass is 614 g/mol. The van der Waals surface area contributed by atoms with Gasteiger partial charge in [0.05, 0.1) is 5.56 Å². The smallest absolute Gasteiger partial charge is 0.489 e. The molecule has 2 heterocycles. The Kier molecular flexibility index (Phi) is 8.80. The highest BCUT2D eigenvalue weighted by Crippen LogP contribution is 2.61. The Morgan fingerprint density at radius 2 is 1.86 bits per heavy atom. The van der Waals surface area contributed by atoms with Crippen molar-refractivity contribution in [2.75, 3.05) is 14.2 Å². The second-order valence-electron chi connectivity index (χ2n) is 10.9. The molecule has 0 aliphatic heterocycles. The number of hydrogen-bond donors (Lipinski definition) is 0. The van der Waals surface area contributed by atoms with Crippen LogP contribution in [0.3, 0.4) is 0 Å². The third kappa shape index (κ3) is 6.86. The van der Waals surface area contributed by atoms with Crippen LogP contribution >= 0.6 is 11.6 Å². The van der Waals surface area contributed by atoms with E-state index >= 15 is 0 Å². The van der Waals surface area contributed by atoms with Crippen molar-refractivity contribution in [3.63, 3.8) is 0 Å². The lowest BCUT2D eigenvalue weighted by Gasteiger charge is -2.15. The number of benzene rings is 2. The van der Waals surface area contributed by atoms with Crippen LogP contribution in [-0.4, -0.2) is 37.0 Å². The molecule has 0 radical (unpaired) electrons. The van der Waals surface area contributed by atoms with Crippen molar-refractivity contribution >= 4 is 17.9 Å². The Morgan fingerprint density at radius 3 is 2.53 bits per heavy atom. The Morgan fingerprint density at radius 1 is 1.12 bits per heavy atom. The van der Waals surface area contributed by atoms with Gasteiger partial charge in [0.2, 0.25) is 0 Å². The fraction of sp³-hybridized carbons (Fsp3) is 0.344. The van der Waals surface area contributed by atoms with Crippen molar-refractivity contribution in [3.8, 4) is 22.8 Å². The van der Waals surface area contributed by atoms with Gasteiger partial charge in [0, 0.05) is 54.1 Å². The summed E-state index contributed by atoms with van der Waals surface area (Å²) >= 11 is 6.69. The fourth-order valence-electron chi connectivity index (χ4n) is 5.22. The van der Waals surface area contributed by atoms with Crippen LogP contribution in [0.2, 0.25) is 5.02 Å². The van der Waals surface area contributed by atoms with E-state index in [2.05, 4.69) is 26.5 Å². The maximum Gasteiger partial charge on any atom is 0.573 e. The molecule has 2 saturated carbocycles. The first-order chi connectivity index (χ1) is 20.6. The van der Waals surface area contributed by atoms with Gasteiger partial charge in [-0.2, -0.15) is 0 Å². The molecule has 2 aliphatic rings. The number of hydrogen-bond acceptors (Lipinski definition) is 7. The largest absolute Gasteiger partial charge is 0.573 e. The van der Waals surface area contributed by atoms with Gasteiger partial charge in [-0.15, -0.1) is 13.2 Å². The van der Waals surface area contributed by atoms with Gasteiger partial charge in [0.25, 0.3) is 0 Å². The predicted molar refractivity (Wildman–Crippen MR) is 154 cm³/mol. The highest BCUT2D eigenvalue weighted by Gasteiger charge is 2.53. The molecule has 7 nitrogen and oxygen atoms in total. The van der Waals surface area contributed by atoms with Crippen molar-refractivity contribution < 1.29 is 36.7 Å². The van der Waals surface area contributed by atoms with Crippen LogP contribution in [0.5, 0.6) is 11.5 Å². The van der Waals surface area contributed by atoms with E-state index in [-0.39, 0.29) is 40.9 Å². The molecule has 2 unspecified atom stereocenters. The molecule has 226 valence electrons. The molecule has 2 aromatic heterocycles. The molecule has 4 aromatic rings. The van der Waals surface area contributed by atoms with Gasteiger partial charge in [-0.05, 0) is 66.6 Å². The third-order valence-corrected chi connectivity index (χ3v) is 7.98. The lowest BCUT2D eigenvalue weighted by molar-refractivity contribution is -0.274. The zero-order valence-corrected chi connectivity index (χ0v) is 24.5. The van der Waals surface area contributed by atoms with E-state index in [1.165, 1.54) is 24.4 Å². The normalized spacial score (nSPS) is 19.3. The van der Waals surface area contributed by atoms with Gasteiger partial charge >= 0.3 is 6.36 Å². The Balaban J connectivity index is 0.00000118. The quantitative estimate of drug-likeness (QED) is 0.175. The molecule has 2 aliphatic carbocycles. The van der Waals surface area contributed by atoms with Crippen molar-refractivity contribution in [1.82, 2.24) is 10.1 Å². The fourth-order valence-corrected chi connectivity index (χ4v) is 5.53. The first kappa shape index (κ1) is 30.6. The number of carbonyl (C=O) groups is 1. The Labute approximate surface area is 251 Å². The number of halogens is 4. The minimum absolute atomic E-state index is 0.0337. The molecule has 0 amide bonds. The van der Waals surface area contributed by atoms with E-state index < -0.39 is 6.36 Å². The average Bonchev–Trinajstić information content (AvgIpc) is 3.89. The van der Waals surface area contributed by atoms with Crippen molar-refractivity contribution in [3.05, 3.63) is 94.0 Å². The number of aldehydes is 1. The standard InChI is InChI=1S/C30H24ClF3N2O4.C2H6O/c1-29(19-10-17(15-37)13-35-14-19)12-24(29)21-9-8-20(11-25(21)31)38-16-23-27(36-40-28(23)18-6-7-18)22-4-2-3-5-26(22)39-30(32,33)34;1-3-2/h2-5,8-11,13-15,18,24H,6-7,12,16H2,1H3;1-2H3. The lowest BCUT2D eigenvalue weighted by atomic mass is 9.93. The van der Waals surface area contributed by atoms with Crippen LogP contribution in [0.25, 0.3) is 11.3 Å². The second-order valence-corrected chi connectivity index (χ2v) is 11.3. The maximum absolute atomic E-state index is 13.0. The number of nitrogens with zero attached hydrogens (tertiary/aromatic N) is 2. The molecule has 0 bridgehead atoms. The number of carbonyl (C=O) groups excluding carboxylic acids is 1. The van der Waals surface area contributed by atoms with E-state index in [0.29, 0.717) is 27.7 Å². The van der Waals surface area contributed by atoms with Gasteiger partial charge in [-0.25, -0.2) is 0 Å². The number of alkyl halides is 3. The summed E-state index contributed by atoms with van der Waals surface area (Å²) in [7, 11) is 3.25. The molecule has 2 fully saturated rings. The number of ether oxygens (including phenoxy) is 3. The van der Waals surface area contributed by atoms with Crippen molar-refractivity contribution in [2.45, 2.75) is 56.4 Å². The van der Waals surface area contributed by atoms with Gasteiger partial charge in [-0.1, -0.05) is 41.9 Å². The van der Waals surface area contributed by atoms with Gasteiger partial charge in [0.15, 0.2) is 6.29 Å². The van der Waals surface area contributed by atoms with Gasteiger partial charge in [-0.3, -0.25) is 9.78 Å². The molecular weight excluding hydrogens is 585 g/mol. The molecule has 0 spiro atoms. The highest BCUT2D eigenvalue weighted by atomic mass is 35.5. The molecule has 2 atom stereocenters. The summed E-state index contributed by atoms with van der Waals surface area (Å²) in [6.45, 7) is 2.16. The summed E-state index contributed by atoms with van der Waals surface area (Å²) in [6, 6.07) is 13.2. The zero-order chi connectivity index (χ0) is 30.8. The number of para-hydroxylation sites is 1. The number of methoxy groups -OCH3 is 1. The lowest BCUT2D eigenvalue weighted by Crippen LogP contribution is -2.17.